The first-order chi connectivity index (χ1) is 8.88. The van der Waals surface area contributed by atoms with Gasteiger partial charge in [-0.3, -0.25) is 0 Å². The van der Waals surface area contributed by atoms with Gasteiger partial charge in [0.1, 0.15) is 11.6 Å². The molecule has 0 atom stereocenters. The molecule has 1 N–H and O–H groups in total. The van der Waals surface area contributed by atoms with Crippen molar-refractivity contribution >= 4 is 23.4 Å². The van der Waals surface area contributed by atoms with Crippen LogP contribution in [0.15, 0.2) is 12.1 Å². The standard InChI is InChI=1S/C12H18F3N3S/c1-4-16-10-7-9(12(13,14)15)8-11(17-10)18(2)5-6-19-3/h7-8H,4-6H2,1-3H3,(H,16,17). The van der Waals surface area contributed by atoms with E-state index in [9.17, 15) is 13.2 Å². The molecule has 0 unspecified atom stereocenters. The van der Waals surface area contributed by atoms with Gasteiger partial charge in [-0.05, 0) is 25.3 Å². The second-order valence-electron chi connectivity index (χ2n) is 4.04. The molecule has 0 aliphatic carbocycles. The van der Waals surface area contributed by atoms with Crippen molar-refractivity contribution < 1.29 is 13.2 Å². The number of thioether (sulfide) groups is 1. The molecule has 108 valence electrons. The van der Waals surface area contributed by atoms with Gasteiger partial charge in [-0.25, -0.2) is 4.98 Å². The number of halogens is 3. The van der Waals surface area contributed by atoms with Crippen molar-refractivity contribution in [3.8, 4) is 0 Å². The predicted molar refractivity (Wildman–Crippen MR) is 75.1 cm³/mol. The second-order valence-corrected chi connectivity index (χ2v) is 5.03. The van der Waals surface area contributed by atoms with Gasteiger partial charge in [0.15, 0.2) is 0 Å². The van der Waals surface area contributed by atoms with Crippen molar-refractivity contribution in [1.82, 2.24) is 4.98 Å². The van der Waals surface area contributed by atoms with Crippen LogP contribution in [0.25, 0.3) is 0 Å². The van der Waals surface area contributed by atoms with E-state index in [0.717, 1.165) is 17.9 Å². The minimum absolute atomic E-state index is 0.253. The monoisotopic (exact) mass is 293 g/mol. The molecule has 3 nitrogen and oxygen atoms in total. The Bertz CT molecular complexity index is 410. The van der Waals surface area contributed by atoms with Gasteiger partial charge >= 0.3 is 6.18 Å². The number of anilines is 2. The van der Waals surface area contributed by atoms with E-state index < -0.39 is 11.7 Å². The second kappa shape index (κ2) is 6.88. The Morgan fingerprint density at radius 3 is 2.58 bits per heavy atom. The molecule has 1 heterocycles. The van der Waals surface area contributed by atoms with Gasteiger partial charge < -0.3 is 10.2 Å². The molecule has 0 aromatic carbocycles. The van der Waals surface area contributed by atoms with Crippen molar-refractivity contribution in [2.75, 3.05) is 42.4 Å². The van der Waals surface area contributed by atoms with E-state index in [2.05, 4.69) is 10.3 Å². The zero-order valence-corrected chi connectivity index (χ0v) is 12.0. The maximum Gasteiger partial charge on any atom is 0.416 e. The fourth-order valence-electron chi connectivity index (χ4n) is 1.49. The van der Waals surface area contributed by atoms with Crippen molar-refractivity contribution in [2.24, 2.45) is 0 Å². The van der Waals surface area contributed by atoms with Gasteiger partial charge in [-0.15, -0.1) is 0 Å². The highest BCUT2D eigenvalue weighted by Gasteiger charge is 2.32. The minimum atomic E-state index is -4.36. The molecule has 19 heavy (non-hydrogen) atoms. The van der Waals surface area contributed by atoms with E-state index in [-0.39, 0.29) is 5.82 Å². The number of hydrogen-bond acceptors (Lipinski definition) is 4. The van der Waals surface area contributed by atoms with Gasteiger partial charge in [0.2, 0.25) is 0 Å². The molecule has 0 radical (unpaired) electrons. The van der Waals surface area contributed by atoms with Crippen molar-refractivity contribution in [3.63, 3.8) is 0 Å². The molecule has 1 aromatic heterocycles. The van der Waals surface area contributed by atoms with Crippen LogP contribution in [0.4, 0.5) is 24.8 Å². The van der Waals surface area contributed by atoms with Gasteiger partial charge in [-0.2, -0.15) is 24.9 Å². The molecule has 0 aliphatic rings. The van der Waals surface area contributed by atoms with Crippen LogP contribution in [0, 0.1) is 0 Å². The molecule has 1 aromatic rings. The topological polar surface area (TPSA) is 28.2 Å². The third kappa shape index (κ3) is 4.81. The van der Waals surface area contributed by atoms with Crippen LogP contribution >= 0.6 is 11.8 Å². The highest BCUT2D eigenvalue weighted by atomic mass is 32.2. The first-order valence-electron chi connectivity index (χ1n) is 5.91. The van der Waals surface area contributed by atoms with Crippen LogP contribution in [0.2, 0.25) is 0 Å². The number of alkyl halides is 3. The molecule has 0 saturated heterocycles. The quantitative estimate of drug-likeness (QED) is 0.871. The normalized spacial score (nSPS) is 11.5. The smallest absolute Gasteiger partial charge is 0.370 e. The van der Waals surface area contributed by atoms with E-state index in [1.165, 1.54) is 0 Å². The zero-order chi connectivity index (χ0) is 14.5. The van der Waals surface area contributed by atoms with Crippen LogP contribution in [-0.2, 0) is 6.18 Å². The van der Waals surface area contributed by atoms with Gasteiger partial charge in [0.05, 0.1) is 5.56 Å². The molecule has 0 amide bonds. The molecule has 0 spiro atoms. The van der Waals surface area contributed by atoms with Crippen LogP contribution in [0.5, 0.6) is 0 Å². The Kier molecular flexibility index (Phi) is 5.78. The lowest BCUT2D eigenvalue weighted by Gasteiger charge is -2.20. The number of nitrogens with one attached hydrogen (secondary N) is 1. The average Bonchev–Trinajstić information content (AvgIpc) is 2.35. The first-order valence-corrected chi connectivity index (χ1v) is 7.31. The SMILES string of the molecule is CCNc1cc(C(F)(F)F)cc(N(C)CCSC)n1. The largest absolute Gasteiger partial charge is 0.416 e. The molecule has 0 fully saturated rings. The van der Waals surface area contributed by atoms with Crippen molar-refractivity contribution in [3.05, 3.63) is 17.7 Å². The molecule has 0 bridgehead atoms. The third-order valence-electron chi connectivity index (χ3n) is 2.52. The lowest BCUT2D eigenvalue weighted by atomic mass is 10.2. The third-order valence-corrected chi connectivity index (χ3v) is 3.11. The predicted octanol–water partition coefficient (Wildman–Crippen LogP) is 3.33. The molecule has 1 rings (SSSR count). The Morgan fingerprint density at radius 2 is 2.05 bits per heavy atom. The summed E-state index contributed by atoms with van der Waals surface area (Å²) in [7, 11) is 1.74. The Morgan fingerprint density at radius 1 is 1.37 bits per heavy atom. The molecular formula is C12H18F3N3S. The summed E-state index contributed by atoms with van der Waals surface area (Å²) >= 11 is 1.64. The minimum Gasteiger partial charge on any atom is -0.370 e. The maximum absolute atomic E-state index is 12.8. The van der Waals surface area contributed by atoms with E-state index in [4.69, 9.17) is 0 Å². The number of aromatic nitrogens is 1. The number of rotatable bonds is 6. The molecule has 0 aliphatic heterocycles. The van der Waals surface area contributed by atoms with E-state index >= 15 is 0 Å². The lowest BCUT2D eigenvalue weighted by Crippen LogP contribution is -2.22. The van der Waals surface area contributed by atoms with Crippen LogP contribution in [-0.4, -0.2) is 37.1 Å². The Balaban J connectivity index is 3.05. The summed E-state index contributed by atoms with van der Waals surface area (Å²) in [5.74, 6) is 1.42. The van der Waals surface area contributed by atoms with Gasteiger partial charge in [-0.1, -0.05) is 0 Å². The average molecular weight is 293 g/mol. The Hall–Kier alpha value is -1.11. The van der Waals surface area contributed by atoms with E-state index in [0.29, 0.717) is 18.9 Å². The van der Waals surface area contributed by atoms with Crippen LogP contribution in [0.1, 0.15) is 12.5 Å². The summed E-state index contributed by atoms with van der Waals surface area (Å²) < 4.78 is 38.5. The summed E-state index contributed by atoms with van der Waals surface area (Å²) in [4.78, 5) is 5.92. The summed E-state index contributed by atoms with van der Waals surface area (Å²) in [6.45, 7) is 3.00. The lowest BCUT2D eigenvalue weighted by molar-refractivity contribution is -0.137. The molecule has 7 heteroatoms. The van der Waals surface area contributed by atoms with Gasteiger partial charge in [0.25, 0.3) is 0 Å². The fraction of sp³-hybridized carbons (Fsp3) is 0.583. The van der Waals surface area contributed by atoms with Crippen molar-refractivity contribution in [2.45, 2.75) is 13.1 Å². The zero-order valence-electron chi connectivity index (χ0n) is 11.2. The van der Waals surface area contributed by atoms with E-state index in [1.54, 1.807) is 23.7 Å². The van der Waals surface area contributed by atoms with Crippen molar-refractivity contribution in [1.29, 1.82) is 0 Å². The first kappa shape index (κ1) is 15.9. The summed E-state index contributed by atoms with van der Waals surface area (Å²) in [5.41, 5.74) is -0.676. The molecular weight excluding hydrogens is 275 g/mol. The molecule has 0 saturated carbocycles. The summed E-state index contributed by atoms with van der Waals surface area (Å²) in [6.07, 6.45) is -2.40. The maximum atomic E-state index is 12.8. The number of pyridine rings is 1. The summed E-state index contributed by atoms with van der Waals surface area (Å²) in [6, 6.07) is 2.12. The highest BCUT2D eigenvalue weighted by Crippen LogP contribution is 2.32. The number of hydrogen-bond donors (Lipinski definition) is 1. The number of nitrogens with zero attached hydrogens (tertiary/aromatic N) is 2. The van der Waals surface area contributed by atoms with E-state index in [1.807, 2.05) is 13.2 Å². The highest BCUT2D eigenvalue weighted by molar-refractivity contribution is 7.98. The Labute approximate surface area is 115 Å². The summed E-state index contributed by atoms with van der Waals surface area (Å²) in [5, 5.41) is 2.83. The fourth-order valence-corrected chi connectivity index (χ4v) is 1.95. The van der Waals surface area contributed by atoms with Gasteiger partial charge in [0, 0.05) is 25.9 Å². The van der Waals surface area contributed by atoms with Crippen LogP contribution in [0.3, 0.4) is 0 Å². The van der Waals surface area contributed by atoms with Crippen LogP contribution < -0.4 is 10.2 Å².